The molecule has 0 aliphatic carbocycles. The number of rotatable bonds is 4. The molecule has 0 bridgehead atoms. The third-order valence-corrected chi connectivity index (χ3v) is 11.8. The van der Waals surface area contributed by atoms with Crippen LogP contribution in [0.4, 0.5) is 0 Å². The zero-order valence-electron chi connectivity index (χ0n) is 26.9. The van der Waals surface area contributed by atoms with Gasteiger partial charge in [-0.25, -0.2) is 0 Å². The number of imidazole rings is 1. The average Bonchev–Trinajstić information content (AvgIpc) is 3.54. The zero-order chi connectivity index (χ0) is 31.1. The largest absolute Gasteiger partial charge is 0 e. The van der Waals surface area contributed by atoms with Gasteiger partial charge in [-0.05, 0) is 17.5 Å². The van der Waals surface area contributed by atoms with Crippen LogP contribution in [0.15, 0.2) is 95.5 Å². The van der Waals surface area contributed by atoms with E-state index in [0.29, 0.717) is 5.71 Å². The third-order valence-electron chi connectivity index (χ3n) is 7.55. The zero-order valence-corrected chi connectivity index (χ0v) is 31.4. The van der Waals surface area contributed by atoms with Gasteiger partial charge in [0, 0.05) is 26.7 Å². The molecule has 0 spiro atoms. The molecule has 0 saturated heterocycles. The van der Waals surface area contributed by atoms with Gasteiger partial charge in [-0.15, -0.1) is 35.9 Å². The Labute approximate surface area is 281 Å². The number of fused-ring (bicyclic) bond motifs is 4. The van der Waals surface area contributed by atoms with E-state index in [2.05, 4.69) is 113 Å². The average molecular weight is 832 g/mol. The van der Waals surface area contributed by atoms with Crippen molar-refractivity contribution in [2.24, 2.45) is 5.41 Å². The first-order valence-electron chi connectivity index (χ1n) is 15.1. The minimum absolute atomic E-state index is 0. The predicted octanol–water partition coefficient (Wildman–Crippen LogP) is 9.24. The molecule has 0 unspecified atom stereocenters. The standard InChI is InChI=1S/C20H19GeN2O.C18H19N2.Ir/c1-13-5-8-16-17-11-14(6-10-19(17)24-20(16)23-13)18-9-7-15(12-22-18)21(2,3)4;1-18(2,3)13-20-16-12-8-7-11-15(16)19-17(20)14-9-5-4-6-10-14;/h5,7-12H,1-4H3;4-9,11-12H,13H2,1-3H3;/q2*-1;. The van der Waals surface area contributed by atoms with Gasteiger partial charge in [-0.3, -0.25) is 4.98 Å². The molecular weight excluding hydrogens is 793 g/mol. The molecule has 0 fully saturated rings. The van der Waals surface area contributed by atoms with E-state index in [0.717, 1.165) is 56.8 Å². The molecule has 4 aromatic heterocycles. The van der Waals surface area contributed by atoms with Crippen molar-refractivity contribution >= 4 is 50.8 Å². The summed E-state index contributed by atoms with van der Waals surface area (Å²) in [4.78, 5) is 13.9. The van der Waals surface area contributed by atoms with E-state index < -0.39 is 13.3 Å². The van der Waals surface area contributed by atoms with Crippen molar-refractivity contribution in [3.8, 4) is 22.6 Å². The molecule has 0 amide bonds. The van der Waals surface area contributed by atoms with Gasteiger partial charge in [0.05, 0.1) is 16.9 Å². The van der Waals surface area contributed by atoms with E-state index in [1.807, 2.05) is 49.5 Å². The molecule has 0 atom stereocenters. The number of nitrogens with zero attached hydrogens (tertiary/aromatic N) is 4. The fourth-order valence-corrected chi connectivity index (χ4v) is 7.46. The summed E-state index contributed by atoms with van der Waals surface area (Å²) in [6.07, 6.45) is 2.03. The first-order valence-corrected chi connectivity index (χ1v) is 22.4. The van der Waals surface area contributed by atoms with Crippen LogP contribution >= 0.6 is 0 Å². The van der Waals surface area contributed by atoms with E-state index >= 15 is 0 Å². The van der Waals surface area contributed by atoms with Crippen molar-refractivity contribution in [1.29, 1.82) is 0 Å². The number of para-hydroxylation sites is 2. The summed E-state index contributed by atoms with van der Waals surface area (Å²) in [7, 11) is 0. The van der Waals surface area contributed by atoms with Gasteiger partial charge in [0.2, 0.25) is 0 Å². The quantitative estimate of drug-likeness (QED) is 0.131. The van der Waals surface area contributed by atoms with Crippen molar-refractivity contribution < 1.29 is 24.5 Å². The van der Waals surface area contributed by atoms with Crippen LogP contribution in [0, 0.1) is 24.5 Å². The van der Waals surface area contributed by atoms with Gasteiger partial charge >= 0.3 is 144 Å². The van der Waals surface area contributed by atoms with Gasteiger partial charge in [-0.1, -0.05) is 32.9 Å². The summed E-state index contributed by atoms with van der Waals surface area (Å²) >= 11 is -1.83. The molecule has 7 rings (SSSR count). The minimum Gasteiger partial charge on any atom is 0 e. The van der Waals surface area contributed by atoms with Crippen LogP contribution < -0.4 is 4.40 Å². The molecule has 45 heavy (non-hydrogen) atoms. The SMILES string of the molecule is CC(C)(C)Cn1c(-c2[c-]cccc2)nc2ccccc21.Cc1ccc2c(n1)oc1c[c-]c(-c3cc[c]([Ge]([CH3])([CH3])[CH3])cn3)cc12.[Ir]. The first-order chi connectivity index (χ1) is 21.0. The minimum atomic E-state index is -1.83. The van der Waals surface area contributed by atoms with E-state index in [9.17, 15) is 0 Å². The van der Waals surface area contributed by atoms with Crippen molar-refractivity contribution in [1.82, 2.24) is 19.5 Å². The monoisotopic (exact) mass is 833 g/mol. The molecule has 7 aromatic rings. The van der Waals surface area contributed by atoms with Crippen LogP contribution in [0.3, 0.4) is 0 Å². The third kappa shape index (κ3) is 7.30. The van der Waals surface area contributed by atoms with Gasteiger partial charge in [0.15, 0.2) is 0 Å². The van der Waals surface area contributed by atoms with Gasteiger partial charge < -0.3 is 4.57 Å². The Morgan fingerprint density at radius 3 is 2.31 bits per heavy atom. The molecule has 0 aliphatic rings. The van der Waals surface area contributed by atoms with E-state index in [1.165, 1.54) is 9.91 Å². The number of pyridine rings is 2. The Morgan fingerprint density at radius 2 is 1.62 bits per heavy atom. The second kappa shape index (κ2) is 13.0. The molecule has 4 heterocycles. The number of hydrogen-bond donors (Lipinski definition) is 0. The van der Waals surface area contributed by atoms with E-state index in [1.54, 1.807) is 0 Å². The van der Waals surface area contributed by atoms with E-state index in [4.69, 9.17) is 9.40 Å². The molecule has 5 nitrogen and oxygen atoms in total. The van der Waals surface area contributed by atoms with Crippen LogP contribution in [0.1, 0.15) is 26.5 Å². The second-order valence-corrected chi connectivity index (χ2v) is 24.2. The number of aryl methyl sites for hydroxylation is 1. The van der Waals surface area contributed by atoms with Crippen LogP contribution in [-0.2, 0) is 26.7 Å². The number of benzene rings is 3. The van der Waals surface area contributed by atoms with Crippen molar-refractivity contribution in [3.63, 3.8) is 0 Å². The Hall–Kier alpha value is -3.58. The maximum absolute atomic E-state index is 5.83. The van der Waals surface area contributed by atoms with Gasteiger partial charge in [0.1, 0.15) is 0 Å². The maximum atomic E-state index is 5.83. The van der Waals surface area contributed by atoms with Crippen LogP contribution in [0.25, 0.3) is 55.7 Å². The Bertz CT molecular complexity index is 2070. The Kier molecular flexibility index (Phi) is 9.50. The molecule has 0 N–H and O–H groups in total. The van der Waals surface area contributed by atoms with Crippen molar-refractivity contribution in [3.05, 3.63) is 109 Å². The van der Waals surface area contributed by atoms with Gasteiger partial charge in [-0.2, -0.15) is 0 Å². The summed E-state index contributed by atoms with van der Waals surface area (Å²) in [5.74, 6) is 8.13. The fourth-order valence-electron chi connectivity index (χ4n) is 5.29. The molecule has 0 aliphatic heterocycles. The first kappa shape index (κ1) is 32.8. The Morgan fingerprint density at radius 1 is 0.844 bits per heavy atom. The molecule has 7 heteroatoms. The van der Waals surface area contributed by atoms with E-state index in [-0.39, 0.29) is 25.5 Å². The summed E-state index contributed by atoms with van der Waals surface area (Å²) in [6, 6.07) is 35.3. The summed E-state index contributed by atoms with van der Waals surface area (Å²) < 4.78 is 9.55. The van der Waals surface area contributed by atoms with Gasteiger partial charge in [0.25, 0.3) is 0 Å². The second-order valence-electron chi connectivity index (χ2n) is 13.6. The molecule has 0 saturated carbocycles. The molecule has 1 radical (unpaired) electrons. The predicted molar refractivity (Wildman–Crippen MR) is 185 cm³/mol. The van der Waals surface area contributed by atoms with Crippen molar-refractivity contribution in [2.75, 3.05) is 0 Å². The van der Waals surface area contributed by atoms with Crippen LogP contribution in [0.2, 0.25) is 17.3 Å². The maximum Gasteiger partial charge on any atom is 0 e. The topological polar surface area (TPSA) is 56.7 Å². The Balaban J connectivity index is 0.000000177. The number of aromatic nitrogens is 4. The molecule has 3 aromatic carbocycles. The molecule has 231 valence electrons. The van der Waals surface area contributed by atoms with Crippen LogP contribution in [0.5, 0.6) is 0 Å². The molecular formula is C38H38GeIrN4O-2. The summed E-state index contributed by atoms with van der Waals surface area (Å²) in [5.41, 5.74) is 7.86. The summed E-state index contributed by atoms with van der Waals surface area (Å²) in [5, 5.41) is 2.10. The van der Waals surface area contributed by atoms with Crippen LogP contribution in [-0.4, -0.2) is 32.8 Å². The number of hydrogen-bond acceptors (Lipinski definition) is 4. The van der Waals surface area contributed by atoms with Crippen molar-refractivity contribution in [2.45, 2.75) is 51.5 Å². The normalized spacial score (nSPS) is 11.8. The summed E-state index contributed by atoms with van der Waals surface area (Å²) in [6.45, 7) is 9.65. The number of furan rings is 1. The fraction of sp³-hybridized carbons (Fsp3) is 0.237. The smallest absolute Gasteiger partial charge is 0 e.